The third-order valence-corrected chi connectivity index (χ3v) is 5.97. The minimum absolute atomic E-state index is 0.414. The predicted octanol–water partition coefficient (Wildman–Crippen LogP) is 3.86. The van der Waals surface area contributed by atoms with Crippen molar-refractivity contribution in [2.24, 2.45) is 0 Å². The van der Waals surface area contributed by atoms with Crippen LogP contribution in [0.3, 0.4) is 0 Å². The molecule has 3 heterocycles. The molecule has 3 aromatic heterocycles. The average molecular weight is 356 g/mol. The van der Waals surface area contributed by atoms with E-state index in [9.17, 15) is 5.11 Å². The van der Waals surface area contributed by atoms with Crippen LogP contribution in [0.15, 0.2) is 6.33 Å². The van der Waals surface area contributed by atoms with Crippen LogP contribution in [0.5, 0.6) is 0 Å². The van der Waals surface area contributed by atoms with Gasteiger partial charge in [0, 0.05) is 17.6 Å². The van der Waals surface area contributed by atoms with Gasteiger partial charge in [0.15, 0.2) is 0 Å². The fourth-order valence-electron chi connectivity index (χ4n) is 3.70. The van der Waals surface area contributed by atoms with Crippen LogP contribution in [0.4, 0.5) is 5.82 Å². The predicted molar refractivity (Wildman–Crippen MR) is 104 cm³/mol. The number of aliphatic hydroxyl groups is 1. The second-order valence-corrected chi connectivity index (χ2v) is 7.88. The van der Waals surface area contributed by atoms with Crippen molar-refractivity contribution in [3.05, 3.63) is 23.1 Å². The molecule has 0 aliphatic heterocycles. The maximum absolute atomic E-state index is 9.56. The van der Waals surface area contributed by atoms with Crippen LogP contribution in [0.1, 0.15) is 49.9 Å². The van der Waals surface area contributed by atoms with Crippen molar-refractivity contribution in [1.29, 1.82) is 0 Å². The number of anilines is 1. The summed E-state index contributed by atoms with van der Waals surface area (Å²) in [5, 5.41) is 14.0. The zero-order valence-corrected chi connectivity index (χ0v) is 15.6. The molecule has 0 amide bonds. The van der Waals surface area contributed by atoms with Gasteiger partial charge in [-0.1, -0.05) is 13.3 Å². The number of fused-ring (bicyclic) bond motifs is 5. The highest BCUT2D eigenvalue weighted by atomic mass is 32.1. The molecule has 25 heavy (non-hydrogen) atoms. The quantitative estimate of drug-likeness (QED) is 0.702. The van der Waals surface area contributed by atoms with Crippen molar-refractivity contribution in [2.75, 3.05) is 11.9 Å². The average Bonchev–Trinajstić information content (AvgIpc) is 3.21. The number of aromatic nitrogens is 3. The lowest BCUT2D eigenvalue weighted by Crippen LogP contribution is -2.16. The van der Waals surface area contributed by atoms with E-state index in [1.165, 1.54) is 41.5 Å². The number of aryl methyl sites for hydroxylation is 2. The normalized spacial score (nSPS) is 15.0. The summed E-state index contributed by atoms with van der Waals surface area (Å²) in [6, 6.07) is 0. The maximum atomic E-state index is 9.56. The molecule has 1 aliphatic rings. The standard InChI is InChI=1S/C19H24N4OS/c1-3-4-8-14-12-6-5-7-13(12)15-16-17(25-19(15)23-14)18(22-10-21-16)20-9-11(2)24/h10-11,24H,3-9H2,1-2H3,(H,20,21,22)/t11-/m1/s1. The van der Waals surface area contributed by atoms with Crippen LogP contribution in [0.2, 0.25) is 0 Å². The van der Waals surface area contributed by atoms with Gasteiger partial charge in [-0.2, -0.15) is 0 Å². The zero-order valence-electron chi connectivity index (χ0n) is 14.8. The van der Waals surface area contributed by atoms with Gasteiger partial charge in [0.2, 0.25) is 0 Å². The van der Waals surface area contributed by atoms with Crippen molar-refractivity contribution >= 4 is 37.6 Å². The molecule has 132 valence electrons. The SMILES string of the molecule is CCCCc1nc2sc3c(NC[C@@H](C)O)ncnc3c2c2c1CCC2. The fourth-order valence-corrected chi connectivity index (χ4v) is 4.84. The molecular formula is C19H24N4OS. The summed E-state index contributed by atoms with van der Waals surface area (Å²) in [4.78, 5) is 15.1. The molecular weight excluding hydrogens is 332 g/mol. The Morgan fingerprint density at radius 1 is 1.28 bits per heavy atom. The van der Waals surface area contributed by atoms with Gasteiger partial charge >= 0.3 is 0 Å². The minimum Gasteiger partial charge on any atom is -0.392 e. The molecule has 0 spiro atoms. The summed E-state index contributed by atoms with van der Waals surface area (Å²) in [6.07, 6.45) is 8.14. The summed E-state index contributed by atoms with van der Waals surface area (Å²) in [5.41, 5.74) is 5.23. The monoisotopic (exact) mass is 356 g/mol. The topological polar surface area (TPSA) is 70.9 Å². The molecule has 1 atom stereocenters. The van der Waals surface area contributed by atoms with Crippen molar-refractivity contribution in [3.8, 4) is 0 Å². The van der Waals surface area contributed by atoms with Crippen molar-refractivity contribution in [3.63, 3.8) is 0 Å². The third-order valence-electron chi connectivity index (χ3n) is 4.89. The van der Waals surface area contributed by atoms with E-state index in [0.717, 1.165) is 40.1 Å². The van der Waals surface area contributed by atoms with E-state index in [2.05, 4.69) is 22.2 Å². The van der Waals surface area contributed by atoms with Crippen LogP contribution < -0.4 is 5.32 Å². The van der Waals surface area contributed by atoms with Crippen LogP contribution >= 0.6 is 11.3 Å². The number of thiophene rings is 1. The number of aliphatic hydroxyl groups excluding tert-OH is 1. The molecule has 5 nitrogen and oxygen atoms in total. The molecule has 0 saturated heterocycles. The maximum Gasteiger partial charge on any atom is 0.147 e. The lowest BCUT2D eigenvalue weighted by molar-refractivity contribution is 0.208. The molecule has 4 rings (SSSR count). The smallest absolute Gasteiger partial charge is 0.147 e. The summed E-state index contributed by atoms with van der Waals surface area (Å²) in [5.74, 6) is 0.802. The Balaban J connectivity index is 1.88. The molecule has 0 fully saturated rings. The molecule has 0 saturated carbocycles. The summed E-state index contributed by atoms with van der Waals surface area (Å²) in [7, 11) is 0. The Kier molecular flexibility index (Phi) is 4.56. The summed E-state index contributed by atoms with van der Waals surface area (Å²) < 4.78 is 1.05. The van der Waals surface area contributed by atoms with Gasteiger partial charge in [-0.15, -0.1) is 11.3 Å². The van der Waals surface area contributed by atoms with Gasteiger partial charge < -0.3 is 10.4 Å². The van der Waals surface area contributed by atoms with E-state index < -0.39 is 6.10 Å². The van der Waals surface area contributed by atoms with E-state index in [1.807, 2.05) is 0 Å². The molecule has 0 bridgehead atoms. The number of unbranched alkanes of at least 4 members (excludes halogenated alkanes) is 1. The van der Waals surface area contributed by atoms with E-state index in [0.29, 0.717) is 6.54 Å². The molecule has 0 unspecified atom stereocenters. The third kappa shape index (κ3) is 2.98. The van der Waals surface area contributed by atoms with Gasteiger partial charge in [0.1, 0.15) is 17.0 Å². The van der Waals surface area contributed by atoms with Crippen LogP contribution in [0, 0.1) is 0 Å². The Morgan fingerprint density at radius 3 is 2.92 bits per heavy atom. The summed E-state index contributed by atoms with van der Waals surface area (Å²) in [6.45, 7) is 4.48. The zero-order chi connectivity index (χ0) is 17.4. The fraction of sp³-hybridized carbons (Fsp3) is 0.526. The number of hydrogen-bond acceptors (Lipinski definition) is 6. The van der Waals surface area contributed by atoms with Crippen molar-refractivity contribution in [1.82, 2.24) is 15.0 Å². The van der Waals surface area contributed by atoms with Gasteiger partial charge in [-0.05, 0) is 50.2 Å². The van der Waals surface area contributed by atoms with Gasteiger partial charge in [-0.3, -0.25) is 0 Å². The lowest BCUT2D eigenvalue weighted by Gasteiger charge is -2.09. The molecule has 3 aromatic rings. The molecule has 2 N–H and O–H groups in total. The van der Waals surface area contributed by atoms with Gasteiger partial charge in [0.05, 0.1) is 16.3 Å². The highest BCUT2D eigenvalue weighted by Crippen LogP contribution is 2.41. The number of nitrogens with one attached hydrogen (secondary N) is 1. The number of hydrogen-bond donors (Lipinski definition) is 2. The van der Waals surface area contributed by atoms with Gasteiger partial charge in [0.25, 0.3) is 0 Å². The molecule has 1 aliphatic carbocycles. The van der Waals surface area contributed by atoms with E-state index in [-0.39, 0.29) is 0 Å². The highest BCUT2D eigenvalue weighted by molar-refractivity contribution is 7.26. The van der Waals surface area contributed by atoms with Crippen molar-refractivity contribution < 1.29 is 5.11 Å². The van der Waals surface area contributed by atoms with Gasteiger partial charge in [-0.25, -0.2) is 15.0 Å². The van der Waals surface area contributed by atoms with E-state index >= 15 is 0 Å². The molecule has 0 radical (unpaired) electrons. The lowest BCUT2D eigenvalue weighted by atomic mass is 10.0. The largest absolute Gasteiger partial charge is 0.392 e. The first kappa shape index (κ1) is 16.7. The second kappa shape index (κ2) is 6.84. The van der Waals surface area contributed by atoms with Crippen LogP contribution in [0.25, 0.3) is 20.4 Å². The number of rotatable bonds is 6. The van der Waals surface area contributed by atoms with Crippen LogP contribution in [-0.2, 0) is 19.3 Å². The summed E-state index contributed by atoms with van der Waals surface area (Å²) >= 11 is 1.67. The first-order valence-electron chi connectivity index (χ1n) is 9.18. The number of nitrogens with zero attached hydrogens (tertiary/aromatic N) is 3. The Morgan fingerprint density at radius 2 is 2.12 bits per heavy atom. The first-order chi connectivity index (χ1) is 12.2. The Labute approximate surface area is 151 Å². The Bertz CT molecular complexity index is 919. The number of pyridine rings is 1. The highest BCUT2D eigenvalue weighted by Gasteiger charge is 2.24. The second-order valence-electron chi connectivity index (χ2n) is 6.88. The van der Waals surface area contributed by atoms with Crippen LogP contribution in [-0.4, -0.2) is 32.7 Å². The molecule has 0 aromatic carbocycles. The first-order valence-corrected chi connectivity index (χ1v) is 10.0. The van der Waals surface area contributed by atoms with E-state index in [1.54, 1.807) is 24.6 Å². The Hall–Kier alpha value is -1.79. The molecule has 6 heteroatoms. The minimum atomic E-state index is -0.414. The van der Waals surface area contributed by atoms with Crippen molar-refractivity contribution in [2.45, 2.75) is 58.5 Å². The van der Waals surface area contributed by atoms with E-state index in [4.69, 9.17) is 4.98 Å².